The molecule has 0 aromatic rings. The van der Waals surface area contributed by atoms with Crippen molar-refractivity contribution in [1.82, 2.24) is 0 Å². The molecule has 0 atom stereocenters. The minimum Gasteiger partial charge on any atom is -0.260 e. The first-order valence-electron chi connectivity index (χ1n) is 1.74. The van der Waals surface area contributed by atoms with E-state index in [4.69, 9.17) is 46.4 Å². The Morgan fingerprint density at radius 1 is 1.10 bits per heavy atom. The number of alkyl halides is 4. The van der Waals surface area contributed by atoms with Gasteiger partial charge in [0, 0.05) is 23.3 Å². The van der Waals surface area contributed by atoms with E-state index in [2.05, 4.69) is 0 Å². The summed E-state index contributed by atoms with van der Waals surface area (Å²) in [6.45, 7) is 0. The van der Waals surface area contributed by atoms with Crippen LogP contribution in [-0.4, -0.2) is 20.0 Å². The molecule has 0 fully saturated rings. The van der Waals surface area contributed by atoms with Crippen LogP contribution in [0.1, 0.15) is 7.43 Å². The van der Waals surface area contributed by atoms with Crippen molar-refractivity contribution < 1.29 is 4.21 Å². The molecule has 0 radical (unpaired) electrons. The molecule has 66 valence electrons. The zero-order valence-electron chi connectivity index (χ0n) is 4.83. The molecule has 0 bridgehead atoms. The van der Waals surface area contributed by atoms with E-state index in [0.29, 0.717) is 0 Å². The number of hydrogen-bond acceptors (Lipinski definition) is 1. The van der Waals surface area contributed by atoms with Gasteiger partial charge in [-0.2, -0.15) is 0 Å². The van der Waals surface area contributed by atoms with Crippen molar-refractivity contribution in [3.63, 3.8) is 0 Å². The van der Waals surface area contributed by atoms with Crippen LogP contribution in [0.5, 0.6) is 0 Å². The Balaban J connectivity index is -0.0000000910. The third-order valence-corrected chi connectivity index (χ3v) is 0. The molecule has 0 rings (SSSR count). The molecule has 0 spiro atoms. The number of halogens is 4. The third-order valence-electron chi connectivity index (χ3n) is 0. The van der Waals surface area contributed by atoms with E-state index >= 15 is 0 Å². The van der Waals surface area contributed by atoms with Crippen LogP contribution >= 0.6 is 46.4 Å². The smallest absolute Gasteiger partial charge is 0.260 e. The minimum absolute atomic E-state index is 0. The standard InChI is InChI=1S/C2H6OS.CCl4.CH4/c1-4(2)3;2-1(3,4)5;/h1-2H3;;1H4. The summed E-state index contributed by atoms with van der Waals surface area (Å²) in [6.07, 6.45) is 3.28. The highest BCUT2D eigenvalue weighted by Crippen LogP contribution is 2.29. The molecule has 0 heterocycles. The van der Waals surface area contributed by atoms with E-state index in [0.717, 1.165) is 0 Å². The monoisotopic (exact) mass is 246 g/mol. The lowest BCUT2D eigenvalue weighted by molar-refractivity contribution is 0.690. The second kappa shape index (κ2) is 8.41. The summed E-state index contributed by atoms with van der Waals surface area (Å²) in [5.74, 6) is 0. The second-order valence-electron chi connectivity index (χ2n) is 1.17. The first-order valence-corrected chi connectivity index (χ1v) is 5.22. The van der Waals surface area contributed by atoms with Crippen molar-refractivity contribution in [3.8, 4) is 0 Å². The first kappa shape index (κ1) is 17.4. The van der Waals surface area contributed by atoms with Gasteiger partial charge in [-0.15, -0.1) is 0 Å². The van der Waals surface area contributed by atoms with Gasteiger partial charge in [0.1, 0.15) is 0 Å². The van der Waals surface area contributed by atoms with Gasteiger partial charge < -0.3 is 0 Å². The van der Waals surface area contributed by atoms with Crippen molar-refractivity contribution in [3.05, 3.63) is 0 Å². The van der Waals surface area contributed by atoms with Crippen LogP contribution in [0.2, 0.25) is 0 Å². The Labute approximate surface area is 84.4 Å². The van der Waals surface area contributed by atoms with Gasteiger partial charge >= 0.3 is 0 Å². The number of rotatable bonds is 0. The molecule has 0 aliphatic carbocycles. The van der Waals surface area contributed by atoms with Crippen molar-refractivity contribution in [1.29, 1.82) is 0 Å². The summed E-state index contributed by atoms with van der Waals surface area (Å²) in [5.41, 5.74) is 0. The lowest BCUT2D eigenvalue weighted by Crippen LogP contribution is -1.81. The SMILES string of the molecule is C.CS(C)=O.ClC(Cl)(Cl)Cl. The lowest BCUT2D eigenvalue weighted by atomic mass is 11.8. The Morgan fingerprint density at radius 3 is 1.10 bits per heavy atom. The summed E-state index contributed by atoms with van der Waals surface area (Å²) in [4.78, 5) is 0. The number of hydrogen-bond donors (Lipinski definition) is 0. The molecule has 1 nitrogen and oxygen atoms in total. The van der Waals surface area contributed by atoms with Crippen LogP contribution in [0.15, 0.2) is 0 Å². The van der Waals surface area contributed by atoms with Gasteiger partial charge in [0.15, 0.2) is 0 Å². The van der Waals surface area contributed by atoms with Crippen molar-refractivity contribution in [2.24, 2.45) is 0 Å². The minimum atomic E-state index is -1.61. The topological polar surface area (TPSA) is 17.1 Å². The van der Waals surface area contributed by atoms with Crippen LogP contribution < -0.4 is 0 Å². The van der Waals surface area contributed by atoms with Crippen LogP contribution in [-0.2, 0) is 10.8 Å². The average Bonchev–Trinajstić information content (AvgIpc) is 1.19. The predicted octanol–water partition coefficient (Wildman–Crippen LogP) is 3.18. The van der Waals surface area contributed by atoms with Gasteiger partial charge in [-0.1, -0.05) is 53.8 Å². The second-order valence-corrected chi connectivity index (χ2v) is 6.08. The van der Waals surface area contributed by atoms with Crippen molar-refractivity contribution >= 4 is 57.2 Å². The molecule has 0 unspecified atom stereocenters. The lowest BCUT2D eigenvalue weighted by Gasteiger charge is -1.91. The maximum Gasteiger partial charge on any atom is 0.266 e. The quantitative estimate of drug-likeness (QED) is 0.601. The summed E-state index contributed by atoms with van der Waals surface area (Å²) in [7, 11) is -0.611. The van der Waals surface area contributed by atoms with Gasteiger partial charge in [0.2, 0.25) is 0 Å². The average molecular weight is 248 g/mol. The van der Waals surface area contributed by atoms with Gasteiger partial charge in [0.05, 0.1) is 0 Å². The summed E-state index contributed by atoms with van der Waals surface area (Å²) < 4.78 is 7.94. The van der Waals surface area contributed by atoms with E-state index in [1.54, 1.807) is 12.5 Å². The van der Waals surface area contributed by atoms with Crippen LogP contribution in [0.3, 0.4) is 0 Å². The molecular weight excluding hydrogens is 238 g/mol. The molecule has 0 saturated heterocycles. The molecule has 0 N–H and O–H groups in total. The van der Waals surface area contributed by atoms with Gasteiger partial charge in [-0.3, -0.25) is 4.21 Å². The maximum atomic E-state index is 9.56. The normalized spacial score (nSPS) is 9.50. The molecule has 6 heteroatoms. The zero-order chi connectivity index (χ0) is 8.08. The molecule has 0 aliphatic heterocycles. The molecule has 0 aliphatic rings. The molecule has 0 amide bonds. The highest BCUT2D eigenvalue weighted by Gasteiger charge is 2.11. The van der Waals surface area contributed by atoms with E-state index in [-0.39, 0.29) is 7.43 Å². The predicted molar refractivity (Wildman–Crippen MR) is 52.9 cm³/mol. The first-order chi connectivity index (χ1) is 3.73. The van der Waals surface area contributed by atoms with Crippen molar-refractivity contribution in [2.75, 3.05) is 12.5 Å². The van der Waals surface area contributed by atoms with Gasteiger partial charge in [-0.25, -0.2) is 0 Å². The van der Waals surface area contributed by atoms with Crippen LogP contribution in [0.25, 0.3) is 0 Å². The summed E-state index contributed by atoms with van der Waals surface area (Å²) in [6, 6.07) is 0. The maximum absolute atomic E-state index is 9.56. The Kier molecular flexibility index (Phi) is 14.6. The zero-order valence-corrected chi connectivity index (χ0v) is 8.67. The van der Waals surface area contributed by atoms with E-state index in [1.165, 1.54) is 0 Å². The van der Waals surface area contributed by atoms with Crippen LogP contribution in [0.4, 0.5) is 0 Å². The fourth-order valence-electron chi connectivity index (χ4n) is 0. The van der Waals surface area contributed by atoms with Crippen LogP contribution in [0, 0.1) is 0 Å². The third kappa shape index (κ3) is 375. The summed E-state index contributed by atoms with van der Waals surface area (Å²) >= 11 is 19.3. The fraction of sp³-hybridized carbons (Fsp3) is 1.00. The van der Waals surface area contributed by atoms with E-state index in [9.17, 15) is 4.21 Å². The Bertz CT molecular complexity index is 79.7. The van der Waals surface area contributed by atoms with Crippen molar-refractivity contribution in [2.45, 2.75) is 10.7 Å². The van der Waals surface area contributed by atoms with Gasteiger partial charge in [-0.05, 0) is 0 Å². The molecule has 0 aromatic heterocycles. The molecular formula is C4H10Cl4OS. The van der Waals surface area contributed by atoms with Gasteiger partial charge in [0.25, 0.3) is 3.25 Å². The highest BCUT2D eigenvalue weighted by molar-refractivity contribution is 7.83. The molecule has 0 aromatic carbocycles. The highest BCUT2D eigenvalue weighted by atomic mass is 35.6. The fourth-order valence-corrected chi connectivity index (χ4v) is 0. The van der Waals surface area contributed by atoms with E-state index < -0.39 is 14.1 Å². The Hall–Kier alpha value is 1.31. The molecule has 10 heavy (non-hydrogen) atoms. The summed E-state index contributed by atoms with van der Waals surface area (Å²) in [5, 5.41) is 0. The Morgan fingerprint density at radius 2 is 1.10 bits per heavy atom. The largest absolute Gasteiger partial charge is 0.266 e. The van der Waals surface area contributed by atoms with E-state index in [1.807, 2.05) is 0 Å². The molecule has 0 saturated carbocycles.